The number of anilines is 1. The average Bonchev–Trinajstić information content (AvgIpc) is 2.41. The first-order valence-electron chi connectivity index (χ1n) is 6.26. The minimum atomic E-state index is -2.80. The number of benzene rings is 1. The van der Waals surface area contributed by atoms with E-state index in [1.807, 2.05) is 0 Å². The van der Waals surface area contributed by atoms with Gasteiger partial charge in [-0.1, -0.05) is 0 Å². The van der Waals surface area contributed by atoms with Crippen molar-refractivity contribution in [3.05, 3.63) is 24.3 Å². The zero-order chi connectivity index (χ0) is 13.7. The quantitative estimate of drug-likeness (QED) is 0.860. The summed E-state index contributed by atoms with van der Waals surface area (Å²) >= 11 is 5.32. The summed E-state index contributed by atoms with van der Waals surface area (Å²) in [6, 6.07) is 6.34. The number of ether oxygens (including phenoxy) is 1. The van der Waals surface area contributed by atoms with Crippen LogP contribution < -0.4 is 10.1 Å². The van der Waals surface area contributed by atoms with Crippen molar-refractivity contribution in [2.45, 2.75) is 25.9 Å². The van der Waals surface area contributed by atoms with Gasteiger partial charge in [0.15, 0.2) is 5.11 Å². The van der Waals surface area contributed by atoms with Gasteiger partial charge in [0.2, 0.25) is 0 Å². The minimum Gasteiger partial charge on any atom is -0.435 e. The summed E-state index contributed by atoms with van der Waals surface area (Å²) in [4.78, 5) is 2.13. The molecule has 3 nitrogen and oxygen atoms in total. The molecule has 0 spiro atoms. The molecule has 0 saturated carbocycles. The van der Waals surface area contributed by atoms with Crippen LogP contribution >= 0.6 is 12.2 Å². The predicted octanol–water partition coefficient (Wildman–Crippen LogP) is 3.47. The molecule has 0 amide bonds. The van der Waals surface area contributed by atoms with Gasteiger partial charge in [0, 0.05) is 18.8 Å². The highest BCUT2D eigenvalue weighted by molar-refractivity contribution is 7.80. The first kappa shape index (κ1) is 14.0. The molecule has 1 aromatic rings. The maximum Gasteiger partial charge on any atom is 0.387 e. The normalized spacial score (nSPS) is 15.4. The van der Waals surface area contributed by atoms with Gasteiger partial charge in [0.05, 0.1) is 0 Å². The molecule has 0 radical (unpaired) electrons. The lowest BCUT2D eigenvalue weighted by atomic mass is 10.1. The van der Waals surface area contributed by atoms with E-state index in [0.717, 1.165) is 31.6 Å². The van der Waals surface area contributed by atoms with Crippen LogP contribution in [0, 0.1) is 0 Å². The lowest BCUT2D eigenvalue weighted by Crippen LogP contribution is -2.38. The van der Waals surface area contributed by atoms with Gasteiger partial charge in [0.1, 0.15) is 5.75 Å². The molecular weight excluding hydrogens is 270 g/mol. The third-order valence-electron chi connectivity index (χ3n) is 2.97. The summed E-state index contributed by atoms with van der Waals surface area (Å²) in [6.07, 6.45) is 3.56. The molecule has 1 aliphatic heterocycles. The second-order valence-electron chi connectivity index (χ2n) is 4.38. The third kappa shape index (κ3) is 4.31. The van der Waals surface area contributed by atoms with E-state index in [0.29, 0.717) is 5.11 Å². The molecule has 6 heteroatoms. The van der Waals surface area contributed by atoms with Crippen LogP contribution in [-0.2, 0) is 0 Å². The fraction of sp³-hybridized carbons (Fsp3) is 0.462. The van der Waals surface area contributed by atoms with E-state index >= 15 is 0 Å². The molecule has 1 saturated heterocycles. The van der Waals surface area contributed by atoms with Crippen LogP contribution in [0.4, 0.5) is 14.5 Å². The van der Waals surface area contributed by atoms with Crippen LogP contribution in [0.5, 0.6) is 5.75 Å². The van der Waals surface area contributed by atoms with Gasteiger partial charge in [-0.2, -0.15) is 8.78 Å². The van der Waals surface area contributed by atoms with Crippen LogP contribution in [-0.4, -0.2) is 29.7 Å². The molecule has 1 fully saturated rings. The lowest BCUT2D eigenvalue weighted by molar-refractivity contribution is -0.0498. The van der Waals surface area contributed by atoms with Gasteiger partial charge in [-0.25, -0.2) is 0 Å². The highest BCUT2D eigenvalue weighted by Crippen LogP contribution is 2.18. The highest BCUT2D eigenvalue weighted by Gasteiger charge is 2.13. The number of halogens is 2. The molecule has 1 heterocycles. The Morgan fingerprint density at radius 2 is 1.79 bits per heavy atom. The number of nitrogens with zero attached hydrogens (tertiary/aromatic N) is 1. The number of piperidine rings is 1. The van der Waals surface area contributed by atoms with E-state index < -0.39 is 6.61 Å². The zero-order valence-electron chi connectivity index (χ0n) is 10.4. The fourth-order valence-electron chi connectivity index (χ4n) is 2.02. The summed E-state index contributed by atoms with van der Waals surface area (Å²) in [5.41, 5.74) is 0.775. The van der Waals surface area contributed by atoms with Gasteiger partial charge in [0.25, 0.3) is 0 Å². The lowest BCUT2D eigenvalue weighted by Gasteiger charge is -2.29. The van der Waals surface area contributed by atoms with Crippen LogP contribution in [0.2, 0.25) is 0 Å². The third-order valence-corrected chi connectivity index (χ3v) is 3.33. The number of hydrogen-bond acceptors (Lipinski definition) is 2. The Hall–Kier alpha value is -1.43. The van der Waals surface area contributed by atoms with Gasteiger partial charge in [-0.15, -0.1) is 0 Å². The largest absolute Gasteiger partial charge is 0.435 e. The number of thiocarbonyl (C=S) groups is 1. The van der Waals surface area contributed by atoms with Crippen molar-refractivity contribution < 1.29 is 13.5 Å². The van der Waals surface area contributed by atoms with Crippen molar-refractivity contribution >= 4 is 23.0 Å². The van der Waals surface area contributed by atoms with E-state index in [9.17, 15) is 8.78 Å². The summed E-state index contributed by atoms with van der Waals surface area (Å²) in [5, 5.41) is 3.79. The monoisotopic (exact) mass is 286 g/mol. The summed E-state index contributed by atoms with van der Waals surface area (Å²) < 4.78 is 28.3. The van der Waals surface area contributed by atoms with E-state index in [-0.39, 0.29) is 5.75 Å². The SMILES string of the molecule is FC(F)Oc1ccc(NC(=S)N2CCCCC2)cc1. The maximum atomic E-state index is 12.0. The molecular formula is C13H16F2N2OS. The number of likely N-dealkylation sites (tertiary alicyclic amines) is 1. The molecule has 1 N–H and O–H groups in total. The van der Waals surface area contributed by atoms with Gasteiger partial charge < -0.3 is 15.0 Å². The van der Waals surface area contributed by atoms with Crippen molar-refractivity contribution in [3.8, 4) is 5.75 Å². The molecule has 0 bridgehead atoms. The second-order valence-corrected chi connectivity index (χ2v) is 4.77. The molecule has 2 rings (SSSR count). The van der Waals surface area contributed by atoms with Crippen LogP contribution in [0.15, 0.2) is 24.3 Å². The van der Waals surface area contributed by atoms with Crippen molar-refractivity contribution in [2.75, 3.05) is 18.4 Å². The summed E-state index contributed by atoms with van der Waals surface area (Å²) in [7, 11) is 0. The van der Waals surface area contributed by atoms with Crippen molar-refractivity contribution in [3.63, 3.8) is 0 Å². The summed E-state index contributed by atoms with van der Waals surface area (Å²) in [6.45, 7) is -0.857. The molecule has 19 heavy (non-hydrogen) atoms. The van der Waals surface area contributed by atoms with E-state index in [1.165, 1.54) is 18.6 Å². The average molecular weight is 286 g/mol. The number of rotatable bonds is 3. The zero-order valence-corrected chi connectivity index (χ0v) is 11.3. The second kappa shape index (κ2) is 6.65. The standard InChI is InChI=1S/C13H16F2N2OS/c14-12(15)18-11-6-4-10(5-7-11)16-13(19)17-8-2-1-3-9-17/h4-7,12H,1-3,8-9H2,(H,16,19). The molecule has 0 aromatic heterocycles. The predicted molar refractivity (Wildman–Crippen MR) is 74.7 cm³/mol. The topological polar surface area (TPSA) is 24.5 Å². The minimum absolute atomic E-state index is 0.143. The molecule has 104 valence electrons. The highest BCUT2D eigenvalue weighted by atomic mass is 32.1. The fourth-order valence-corrected chi connectivity index (χ4v) is 2.32. The van der Waals surface area contributed by atoms with Gasteiger partial charge in [-0.05, 0) is 55.7 Å². The smallest absolute Gasteiger partial charge is 0.387 e. The Labute approximate surface area is 116 Å². The number of alkyl halides is 2. The molecule has 0 unspecified atom stereocenters. The Morgan fingerprint density at radius 1 is 1.16 bits per heavy atom. The molecule has 1 aliphatic rings. The van der Waals surface area contributed by atoms with Crippen LogP contribution in [0.25, 0.3) is 0 Å². The number of nitrogens with one attached hydrogen (secondary N) is 1. The van der Waals surface area contributed by atoms with Gasteiger partial charge in [-0.3, -0.25) is 0 Å². The van der Waals surface area contributed by atoms with Crippen molar-refractivity contribution in [1.82, 2.24) is 4.90 Å². The Bertz CT molecular complexity index is 419. The Kier molecular flexibility index (Phi) is 4.90. The van der Waals surface area contributed by atoms with Crippen LogP contribution in [0.3, 0.4) is 0 Å². The number of hydrogen-bond donors (Lipinski definition) is 1. The van der Waals surface area contributed by atoms with Crippen molar-refractivity contribution in [1.29, 1.82) is 0 Å². The molecule has 0 atom stereocenters. The Balaban J connectivity index is 1.89. The maximum absolute atomic E-state index is 12.0. The first-order valence-corrected chi connectivity index (χ1v) is 6.67. The van der Waals surface area contributed by atoms with E-state index in [2.05, 4.69) is 15.0 Å². The van der Waals surface area contributed by atoms with E-state index in [1.54, 1.807) is 12.1 Å². The molecule has 0 aliphatic carbocycles. The van der Waals surface area contributed by atoms with Crippen molar-refractivity contribution in [2.24, 2.45) is 0 Å². The van der Waals surface area contributed by atoms with Gasteiger partial charge >= 0.3 is 6.61 Å². The van der Waals surface area contributed by atoms with Crippen LogP contribution in [0.1, 0.15) is 19.3 Å². The first-order chi connectivity index (χ1) is 9.15. The molecule has 1 aromatic carbocycles. The Morgan fingerprint density at radius 3 is 2.37 bits per heavy atom. The van der Waals surface area contributed by atoms with E-state index in [4.69, 9.17) is 12.2 Å². The summed E-state index contributed by atoms with van der Waals surface area (Å²) in [5.74, 6) is 0.143.